The normalized spacial score (nSPS) is 16.1. The molecular weight excluding hydrogens is 139 g/mol. The highest BCUT2D eigenvalue weighted by Crippen LogP contribution is 2.20. The van der Waals surface area contributed by atoms with Gasteiger partial charge in [-0.05, 0) is 48.9 Å². The van der Waals surface area contributed by atoms with Crippen LogP contribution in [0.3, 0.4) is 0 Å². The van der Waals surface area contributed by atoms with Crippen molar-refractivity contribution in [1.29, 1.82) is 0 Å². The van der Waals surface area contributed by atoms with E-state index >= 15 is 0 Å². The second kappa shape index (κ2) is 2.65. The summed E-state index contributed by atoms with van der Waals surface area (Å²) in [6, 6.07) is 5.01. The molecule has 0 fully saturated rings. The van der Waals surface area contributed by atoms with Crippen LogP contribution in [-0.4, -0.2) is 0 Å². The van der Waals surface area contributed by atoms with E-state index in [9.17, 15) is 4.39 Å². The molecule has 2 radical (unpaired) electrons. The van der Waals surface area contributed by atoms with Crippen LogP contribution in [-0.2, 0) is 12.8 Å². The van der Waals surface area contributed by atoms with Crippen LogP contribution in [0.2, 0.25) is 0 Å². The van der Waals surface area contributed by atoms with Crippen molar-refractivity contribution in [1.82, 2.24) is 0 Å². The smallest absolute Gasteiger partial charge is 0.123 e. The Bertz CT molecular complexity index is 266. The maximum atomic E-state index is 12.7. The maximum absolute atomic E-state index is 12.7. The van der Waals surface area contributed by atoms with E-state index in [-0.39, 0.29) is 5.82 Å². The minimum Gasteiger partial charge on any atom is -0.207 e. The van der Waals surface area contributed by atoms with Gasteiger partial charge in [0.1, 0.15) is 5.82 Å². The Kier molecular flexibility index (Phi) is 1.65. The monoisotopic (exact) mass is 148 g/mol. The van der Waals surface area contributed by atoms with Crippen molar-refractivity contribution in [2.24, 2.45) is 0 Å². The topological polar surface area (TPSA) is 0 Å². The predicted octanol–water partition coefficient (Wildman–Crippen LogP) is 2.40. The summed E-state index contributed by atoms with van der Waals surface area (Å²) in [6.07, 6.45) is 6.04. The summed E-state index contributed by atoms with van der Waals surface area (Å²) in [6.45, 7) is 0. The molecule has 0 N–H and O–H groups in total. The van der Waals surface area contributed by atoms with Gasteiger partial charge in [-0.15, -0.1) is 0 Å². The van der Waals surface area contributed by atoms with Gasteiger partial charge in [-0.3, -0.25) is 0 Å². The highest BCUT2D eigenvalue weighted by molar-refractivity contribution is 5.31. The molecule has 1 aliphatic carbocycles. The fourth-order valence-electron chi connectivity index (χ4n) is 1.45. The van der Waals surface area contributed by atoms with Crippen LogP contribution in [0.25, 0.3) is 0 Å². The molecular formula is C10H9F. The van der Waals surface area contributed by atoms with Gasteiger partial charge in [-0.25, -0.2) is 4.39 Å². The summed E-state index contributed by atoms with van der Waals surface area (Å²) in [7, 11) is 0. The van der Waals surface area contributed by atoms with E-state index in [2.05, 4.69) is 6.42 Å². The Morgan fingerprint density at radius 2 is 2.18 bits per heavy atom. The van der Waals surface area contributed by atoms with E-state index < -0.39 is 0 Å². The molecule has 1 aromatic carbocycles. The van der Waals surface area contributed by atoms with Crippen LogP contribution in [0.5, 0.6) is 0 Å². The van der Waals surface area contributed by atoms with Gasteiger partial charge in [0.25, 0.3) is 0 Å². The van der Waals surface area contributed by atoms with Crippen molar-refractivity contribution in [3.63, 3.8) is 0 Å². The molecule has 0 unspecified atom stereocenters. The SMILES string of the molecule is Fc1ccc2c(c1)CC[C]C2. The molecule has 11 heavy (non-hydrogen) atoms. The van der Waals surface area contributed by atoms with Crippen molar-refractivity contribution in [3.8, 4) is 0 Å². The molecule has 1 aliphatic rings. The van der Waals surface area contributed by atoms with E-state index in [1.165, 1.54) is 11.6 Å². The third-order valence-electron chi connectivity index (χ3n) is 2.05. The maximum Gasteiger partial charge on any atom is 0.123 e. The van der Waals surface area contributed by atoms with Gasteiger partial charge in [0, 0.05) is 0 Å². The second-order valence-corrected chi connectivity index (χ2v) is 2.84. The highest BCUT2D eigenvalue weighted by Gasteiger charge is 2.09. The molecule has 0 amide bonds. The number of rotatable bonds is 0. The third-order valence-corrected chi connectivity index (χ3v) is 2.05. The minimum atomic E-state index is -0.120. The average molecular weight is 148 g/mol. The van der Waals surface area contributed by atoms with E-state index in [1.807, 2.05) is 6.07 Å². The predicted molar refractivity (Wildman–Crippen MR) is 41.7 cm³/mol. The van der Waals surface area contributed by atoms with Crippen LogP contribution in [0.15, 0.2) is 18.2 Å². The highest BCUT2D eigenvalue weighted by atomic mass is 19.1. The first-order valence-electron chi connectivity index (χ1n) is 3.84. The average Bonchev–Trinajstić information content (AvgIpc) is 2.04. The molecule has 1 heteroatoms. The molecule has 0 aliphatic heterocycles. The van der Waals surface area contributed by atoms with Gasteiger partial charge in [-0.1, -0.05) is 6.07 Å². The molecule has 0 atom stereocenters. The van der Waals surface area contributed by atoms with E-state index in [4.69, 9.17) is 0 Å². The zero-order valence-corrected chi connectivity index (χ0v) is 6.23. The molecule has 2 rings (SSSR count). The van der Waals surface area contributed by atoms with Crippen LogP contribution in [0.4, 0.5) is 4.39 Å². The molecule has 0 heterocycles. The summed E-state index contributed by atoms with van der Waals surface area (Å²) < 4.78 is 12.7. The van der Waals surface area contributed by atoms with Crippen LogP contribution in [0.1, 0.15) is 17.5 Å². The summed E-state index contributed by atoms with van der Waals surface area (Å²) >= 11 is 0. The zero-order chi connectivity index (χ0) is 7.68. The Hall–Kier alpha value is -0.850. The molecule has 1 aromatic rings. The standard InChI is InChI=1S/C10H9F/c11-10-6-5-8-3-1-2-4-9(8)7-10/h5-7H,2-4H2. The van der Waals surface area contributed by atoms with Gasteiger partial charge in [-0.2, -0.15) is 0 Å². The van der Waals surface area contributed by atoms with E-state index in [1.54, 1.807) is 6.07 Å². The van der Waals surface area contributed by atoms with Crippen molar-refractivity contribution in [3.05, 3.63) is 41.6 Å². The number of hydrogen-bond donors (Lipinski definition) is 0. The lowest BCUT2D eigenvalue weighted by molar-refractivity contribution is 0.622. The molecule has 0 saturated carbocycles. The second-order valence-electron chi connectivity index (χ2n) is 2.84. The molecule has 0 saturated heterocycles. The summed E-state index contributed by atoms with van der Waals surface area (Å²) in [5.74, 6) is -0.120. The van der Waals surface area contributed by atoms with Crippen molar-refractivity contribution >= 4 is 0 Å². The van der Waals surface area contributed by atoms with Crippen molar-refractivity contribution < 1.29 is 4.39 Å². The number of aryl methyl sites for hydroxylation is 1. The van der Waals surface area contributed by atoms with Gasteiger partial charge >= 0.3 is 0 Å². The zero-order valence-electron chi connectivity index (χ0n) is 6.23. The first-order valence-corrected chi connectivity index (χ1v) is 3.84. The van der Waals surface area contributed by atoms with Gasteiger partial charge in [0.2, 0.25) is 0 Å². The van der Waals surface area contributed by atoms with Crippen LogP contribution in [0, 0.1) is 12.2 Å². The molecule has 56 valence electrons. The fourth-order valence-corrected chi connectivity index (χ4v) is 1.45. The number of benzene rings is 1. The Labute approximate surface area is 66.1 Å². The van der Waals surface area contributed by atoms with E-state index in [0.717, 1.165) is 24.8 Å². The Morgan fingerprint density at radius 1 is 1.27 bits per heavy atom. The first kappa shape index (κ1) is 6.84. The van der Waals surface area contributed by atoms with Gasteiger partial charge in [0.15, 0.2) is 0 Å². The van der Waals surface area contributed by atoms with Crippen molar-refractivity contribution in [2.75, 3.05) is 0 Å². The lowest BCUT2D eigenvalue weighted by atomic mass is 9.92. The van der Waals surface area contributed by atoms with E-state index in [0.29, 0.717) is 0 Å². The summed E-state index contributed by atoms with van der Waals surface area (Å²) in [4.78, 5) is 0. The van der Waals surface area contributed by atoms with Crippen LogP contribution >= 0.6 is 0 Å². The Balaban J connectivity index is 2.43. The van der Waals surface area contributed by atoms with Crippen LogP contribution < -0.4 is 0 Å². The molecule has 0 nitrogen and oxygen atoms in total. The van der Waals surface area contributed by atoms with Gasteiger partial charge < -0.3 is 0 Å². The summed E-state index contributed by atoms with van der Waals surface area (Å²) in [5, 5.41) is 0. The van der Waals surface area contributed by atoms with Gasteiger partial charge in [0.05, 0.1) is 0 Å². The number of hydrogen-bond acceptors (Lipinski definition) is 0. The summed E-state index contributed by atoms with van der Waals surface area (Å²) in [5.41, 5.74) is 2.39. The van der Waals surface area contributed by atoms with Crippen molar-refractivity contribution in [2.45, 2.75) is 19.3 Å². The first-order chi connectivity index (χ1) is 5.36. The fraction of sp³-hybridized carbons (Fsp3) is 0.300. The lowest BCUT2D eigenvalue weighted by Gasteiger charge is -2.13. The molecule has 0 aromatic heterocycles. The third kappa shape index (κ3) is 1.28. The Morgan fingerprint density at radius 3 is 3.09 bits per heavy atom. The lowest BCUT2D eigenvalue weighted by Crippen LogP contribution is -2.02. The quantitative estimate of drug-likeness (QED) is 0.530. The molecule has 0 bridgehead atoms. The number of fused-ring (bicyclic) bond motifs is 1. The minimum absolute atomic E-state index is 0.120. The molecule has 0 spiro atoms. The largest absolute Gasteiger partial charge is 0.207 e. The number of halogens is 1.